The standard InChI is InChI=1S/C14H15O2P.C6H6O3S.Li/c1-15-11-3-7-13(8-4-11)17-14-9-5-12(16-2)6-10-14;7-10(8,9)6-4-2-1-3-5-6;/h3-10,17H,1-2H3;1-5H,(H,7,8,9);/q;;+1/p-1. The second-order valence-corrected chi connectivity index (χ2v) is 8.13. The molecule has 0 spiro atoms. The molecule has 8 heteroatoms. The molecule has 142 valence electrons. The van der Waals surface area contributed by atoms with E-state index in [0.717, 1.165) is 11.5 Å². The van der Waals surface area contributed by atoms with Gasteiger partial charge in [-0.1, -0.05) is 51.0 Å². The topological polar surface area (TPSA) is 75.7 Å². The molecule has 0 unspecified atom stereocenters. The zero-order chi connectivity index (χ0) is 19.7. The Hall–Kier alpha value is -1.80. The van der Waals surface area contributed by atoms with Crippen LogP contribution in [0.15, 0.2) is 83.8 Å². The Labute approximate surface area is 179 Å². The minimum atomic E-state index is -4.25. The summed E-state index contributed by atoms with van der Waals surface area (Å²) in [5.74, 6) is 1.79. The first-order valence-electron chi connectivity index (χ1n) is 7.98. The summed E-state index contributed by atoms with van der Waals surface area (Å²) in [7, 11) is -0.229. The van der Waals surface area contributed by atoms with Crippen LogP contribution in [0.4, 0.5) is 0 Å². The van der Waals surface area contributed by atoms with E-state index in [1.165, 1.54) is 34.9 Å². The normalized spacial score (nSPS) is 10.1. The van der Waals surface area contributed by atoms with Gasteiger partial charge in [0.25, 0.3) is 0 Å². The number of benzene rings is 3. The minimum absolute atomic E-state index is 0. The largest absolute Gasteiger partial charge is 1.00 e. The van der Waals surface area contributed by atoms with Gasteiger partial charge in [-0.05, 0) is 47.0 Å². The molecule has 0 bridgehead atoms. The summed E-state index contributed by atoms with van der Waals surface area (Å²) in [5.41, 5.74) is 0. The van der Waals surface area contributed by atoms with Gasteiger partial charge in [0.1, 0.15) is 21.6 Å². The van der Waals surface area contributed by atoms with Crippen LogP contribution < -0.4 is 38.9 Å². The molecule has 3 aromatic carbocycles. The van der Waals surface area contributed by atoms with Gasteiger partial charge in [-0.3, -0.25) is 0 Å². The third-order valence-corrected chi connectivity index (χ3v) is 5.59. The Balaban J connectivity index is 0.000000307. The summed E-state index contributed by atoms with van der Waals surface area (Å²) < 4.78 is 41.1. The second kappa shape index (κ2) is 11.9. The fraction of sp³-hybridized carbons (Fsp3) is 0.100. The van der Waals surface area contributed by atoms with Gasteiger partial charge in [0.2, 0.25) is 0 Å². The molecule has 0 heterocycles. The number of rotatable bonds is 5. The molecule has 0 aromatic heterocycles. The van der Waals surface area contributed by atoms with Crippen molar-refractivity contribution >= 4 is 29.3 Å². The Bertz CT molecular complexity index is 885. The Morgan fingerprint density at radius 1 is 0.714 bits per heavy atom. The first kappa shape index (κ1) is 24.2. The SMILES string of the molecule is COc1ccc(Pc2ccc(OC)cc2)cc1.O=S(=O)([O-])c1ccccc1.[Li+]. The Morgan fingerprint density at radius 2 is 1.11 bits per heavy atom. The summed E-state index contributed by atoms with van der Waals surface area (Å²) in [6.45, 7) is 0. The molecule has 0 aliphatic rings. The van der Waals surface area contributed by atoms with E-state index in [1.807, 2.05) is 24.3 Å². The van der Waals surface area contributed by atoms with E-state index in [-0.39, 0.29) is 23.8 Å². The van der Waals surface area contributed by atoms with Gasteiger partial charge in [0.15, 0.2) is 0 Å². The number of ether oxygens (including phenoxy) is 2. The van der Waals surface area contributed by atoms with E-state index < -0.39 is 10.1 Å². The van der Waals surface area contributed by atoms with Crippen molar-refractivity contribution in [1.82, 2.24) is 0 Å². The Kier molecular flexibility index (Phi) is 10.3. The zero-order valence-corrected chi connectivity index (χ0v) is 17.8. The van der Waals surface area contributed by atoms with E-state index in [4.69, 9.17) is 9.47 Å². The minimum Gasteiger partial charge on any atom is -0.744 e. The van der Waals surface area contributed by atoms with Crippen LogP contribution >= 0.6 is 8.58 Å². The maximum Gasteiger partial charge on any atom is 1.00 e. The summed E-state index contributed by atoms with van der Waals surface area (Å²) in [6.07, 6.45) is 0. The van der Waals surface area contributed by atoms with E-state index >= 15 is 0 Å². The van der Waals surface area contributed by atoms with Crippen molar-refractivity contribution in [2.24, 2.45) is 0 Å². The van der Waals surface area contributed by atoms with Gasteiger partial charge in [0.05, 0.1) is 19.1 Å². The van der Waals surface area contributed by atoms with Crippen LogP contribution in [0.1, 0.15) is 0 Å². The van der Waals surface area contributed by atoms with Crippen LogP contribution in [0.3, 0.4) is 0 Å². The van der Waals surface area contributed by atoms with E-state index in [9.17, 15) is 13.0 Å². The molecule has 5 nitrogen and oxygen atoms in total. The first-order chi connectivity index (χ1) is 12.9. The number of hydrogen-bond acceptors (Lipinski definition) is 5. The predicted octanol–water partition coefficient (Wildman–Crippen LogP) is -0.0722. The molecule has 0 atom stereocenters. The third kappa shape index (κ3) is 8.06. The van der Waals surface area contributed by atoms with Gasteiger partial charge in [-0.25, -0.2) is 8.42 Å². The van der Waals surface area contributed by atoms with Gasteiger partial charge < -0.3 is 14.0 Å². The summed E-state index contributed by atoms with van der Waals surface area (Å²) in [6, 6.07) is 23.6. The molecule has 3 aromatic rings. The summed E-state index contributed by atoms with van der Waals surface area (Å²) in [4.78, 5) is -0.185. The fourth-order valence-electron chi connectivity index (χ4n) is 2.10. The average Bonchev–Trinajstić information content (AvgIpc) is 2.70. The number of methoxy groups -OCH3 is 2. The molecule has 0 aliphatic carbocycles. The van der Waals surface area contributed by atoms with Crippen LogP contribution in [-0.2, 0) is 10.1 Å². The molecule has 3 rings (SSSR count). The molecule has 0 amide bonds. The maximum atomic E-state index is 10.3. The first-order valence-corrected chi connectivity index (χ1v) is 10.4. The summed E-state index contributed by atoms with van der Waals surface area (Å²) >= 11 is 0. The molecule has 0 saturated heterocycles. The quantitative estimate of drug-likeness (QED) is 0.334. The van der Waals surface area contributed by atoms with Crippen molar-refractivity contribution in [3.05, 3.63) is 78.9 Å². The molecular formula is C20H20LiO5PS. The maximum absolute atomic E-state index is 10.3. The Morgan fingerprint density at radius 3 is 1.39 bits per heavy atom. The molecule has 0 radical (unpaired) electrons. The van der Waals surface area contributed by atoms with E-state index in [2.05, 4.69) is 24.3 Å². The smallest absolute Gasteiger partial charge is 0.744 e. The van der Waals surface area contributed by atoms with Gasteiger partial charge in [0, 0.05) is 0 Å². The van der Waals surface area contributed by atoms with Crippen LogP contribution in [0, 0.1) is 0 Å². The van der Waals surface area contributed by atoms with E-state index in [0.29, 0.717) is 8.58 Å². The number of hydrogen-bond donors (Lipinski definition) is 0. The molecule has 0 fully saturated rings. The average molecular weight is 410 g/mol. The van der Waals surface area contributed by atoms with Gasteiger partial charge >= 0.3 is 18.9 Å². The second-order valence-electron chi connectivity index (χ2n) is 5.35. The fourth-order valence-corrected chi connectivity index (χ4v) is 3.59. The van der Waals surface area contributed by atoms with Crippen molar-refractivity contribution in [1.29, 1.82) is 0 Å². The van der Waals surface area contributed by atoms with Crippen molar-refractivity contribution < 1.29 is 41.3 Å². The van der Waals surface area contributed by atoms with Crippen LogP contribution in [0.25, 0.3) is 0 Å². The molecule has 28 heavy (non-hydrogen) atoms. The third-order valence-electron chi connectivity index (χ3n) is 3.50. The molecule has 0 N–H and O–H groups in total. The predicted molar refractivity (Wildman–Crippen MR) is 108 cm³/mol. The van der Waals surface area contributed by atoms with Crippen molar-refractivity contribution in [3.8, 4) is 11.5 Å². The van der Waals surface area contributed by atoms with Crippen molar-refractivity contribution in [3.63, 3.8) is 0 Å². The molecule has 0 saturated carbocycles. The monoisotopic (exact) mass is 410 g/mol. The van der Waals surface area contributed by atoms with Gasteiger partial charge in [-0.15, -0.1) is 0 Å². The molecule has 0 aliphatic heterocycles. The van der Waals surface area contributed by atoms with E-state index in [1.54, 1.807) is 20.3 Å². The van der Waals surface area contributed by atoms with Crippen LogP contribution in [0.5, 0.6) is 11.5 Å². The van der Waals surface area contributed by atoms with Crippen molar-refractivity contribution in [2.45, 2.75) is 4.90 Å². The van der Waals surface area contributed by atoms with Gasteiger partial charge in [-0.2, -0.15) is 0 Å². The molecular weight excluding hydrogens is 390 g/mol. The zero-order valence-electron chi connectivity index (χ0n) is 16.0. The van der Waals surface area contributed by atoms with Crippen LogP contribution in [-0.4, -0.2) is 27.2 Å². The van der Waals surface area contributed by atoms with Crippen LogP contribution in [0.2, 0.25) is 0 Å². The summed E-state index contributed by atoms with van der Waals surface area (Å²) in [5, 5.41) is 2.60. The van der Waals surface area contributed by atoms with Crippen molar-refractivity contribution in [2.75, 3.05) is 14.2 Å².